The fourth-order valence-electron chi connectivity index (χ4n) is 3.59. The van der Waals surface area contributed by atoms with Gasteiger partial charge in [0.15, 0.2) is 0 Å². The second kappa shape index (κ2) is 10.0. The minimum atomic E-state index is -3.53. The minimum absolute atomic E-state index is 0.149. The van der Waals surface area contributed by atoms with Crippen LogP contribution in [0.3, 0.4) is 0 Å². The molecule has 0 atom stereocenters. The van der Waals surface area contributed by atoms with Crippen molar-refractivity contribution in [3.8, 4) is 11.1 Å². The van der Waals surface area contributed by atoms with E-state index in [1.807, 2.05) is 41.2 Å². The summed E-state index contributed by atoms with van der Waals surface area (Å²) in [5.74, 6) is -0.266. The number of rotatable bonds is 8. The molecule has 0 bridgehead atoms. The van der Waals surface area contributed by atoms with Crippen LogP contribution in [0.4, 0.5) is 0 Å². The molecule has 0 saturated heterocycles. The molecule has 0 unspecified atom stereocenters. The molecule has 0 radical (unpaired) electrons. The Morgan fingerprint density at radius 2 is 1.65 bits per heavy atom. The van der Waals surface area contributed by atoms with Gasteiger partial charge >= 0.3 is 0 Å². The topological polar surface area (TPSA) is 84.3 Å². The SMILES string of the molecule is CN(C)S(=O)(=O)c1ccc(C(=O)NCc2ccccc2-c2ccc(Cn3cccn3)cc2)cc1. The Hall–Kier alpha value is -3.75. The molecule has 1 amide bonds. The monoisotopic (exact) mass is 474 g/mol. The van der Waals surface area contributed by atoms with Crippen molar-refractivity contribution in [1.29, 1.82) is 0 Å². The van der Waals surface area contributed by atoms with Crippen molar-refractivity contribution in [3.63, 3.8) is 0 Å². The van der Waals surface area contributed by atoms with E-state index in [1.54, 1.807) is 6.20 Å². The summed E-state index contributed by atoms with van der Waals surface area (Å²) in [6.45, 7) is 1.06. The maximum absolute atomic E-state index is 12.7. The van der Waals surface area contributed by atoms with Gasteiger partial charge in [0.1, 0.15) is 0 Å². The molecule has 0 aliphatic carbocycles. The number of aromatic nitrogens is 2. The van der Waals surface area contributed by atoms with Gasteiger partial charge in [-0.3, -0.25) is 9.48 Å². The number of amides is 1. The van der Waals surface area contributed by atoms with Crippen molar-refractivity contribution < 1.29 is 13.2 Å². The van der Waals surface area contributed by atoms with Gasteiger partial charge in [0.2, 0.25) is 10.0 Å². The minimum Gasteiger partial charge on any atom is -0.348 e. The number of hydrogen-bond donors (Lipinski definition) is 1. The molecule has 34 heavy (non-hydrogen) atoms. The Morgan fingerprint density at radius 1 is 0.941 bits per heavy atom. The molecule has 0 aliphatic heterocycles. The smallest absolute Gasteiger partial charge is 0.251 e. The lowest BCUT2D eigenvalue weighted by Crippen LogP contribution is -2.24. The van der Waals surface area contributed by atoms with Crippen LogP contribution in [0.15, 0.2) is 96.2 Å². The molecule has 0 fully saturated rings. The lowest BCUT2D eigenvalue weighted by molar-refractivity contribution is 0.0951. The highest BCUT2D eigenvalue weighted by Crippen LogP contribution is 2.24. The summed E-state index contributed by atoms with van der Waals surface area (Å²) in [7, 11) is -0.587. The van der Waals surface area contributed by atoms with Crippen LogP contribution in [-0.2, 0) is 23.1 Å². The average Bonchev–Trinajstić information content (AvgIpc) is 3.36. The molecule has 1 N–H and O–H groups in total. The molecule has 4 aromatic rings. The Kier molecular flexibility index (Phi) is 6.90. The Bertz CT molecular complexity index is 1360. The van der Waals surface area contributed by atoms with Crippen LogP contribution in [0, 0.1) is 0 Å². The van der Waals surface area contributed by atoms with E-state index in [0.717, 1.165) is 26.6 Å². The highest BCUT2D eigenvalue weighted by atomic mass is 32.2. The molecular formula is C26H26N4O3S. The van der Waals surface area contributed by atoms with Gasteiger partial charge in [-0.15, -0.1) is 0 Å². The van der Waals surface area contributed by atoms with Crippen molar-refractivity contribution in [3.05, 3.63) is 108 Å². The molecule has 7 nitrogen and oxygen atoms in total. The van der Waals surface area contributed by atoms with Crippen molar-refractivity contribution in [2.24, 2.45) is 0 Å². The number of hydrogen-bond acceptors (Lipinski definition) is 4. The molecule has 8 heteroatoms. The quantitative estimate of drug-likeness (QED) is 0.421. The summed E-state index contributed by atoms with van der Waals surface area (Å²) >= 11 is 0. The molecule has 1 aromatic heterocycles. The van der Waals surface area contributed by atoms with E-state index in [0.29, 0.717) is 18.7 Å². The van der Waals surface area contributed by atoms with E-state index < -0.39 is 10.0 Å². The zero-order chi connectivity index (χ0) is 24.1. The van der Waals surface area contributed by atoms with Gasteiger partial charge in [-0.25, -0.2) is 12.7 Å². The fourth-order valence-corrected chi connectivity index (χ4v) is 4.50. The lowest BCUT2D eigenvalue weighted by atomic mass is 9.98. The van der Waals surface area contributed by atoms with E-state index in [2.05, 4.69) is 34.7 Å². The van der Waals surface area contributed by atoms with Crippen LogP contribution in [0.2, 0.25) is 0 Å². The average molecular weight is 475 g/mol. The van der Waals surface area contributed by atoms with Crippen LogP contribution < -0.4 is 5.32 Å². The largest absolute Gasteiger partial charge is 0.348 e. The number of sulfonamides is 1. The predicted molar refractivity (Wildman–Crippen MR) is 132 cm³/mol. The zero-order valence-corrected chi connectivity index (χ0v) is 19.9. The van der Waals surface area contributed by atoms with Crippen molar-refractivity contribution in [2.45, 2.75) is 18.0 Å². The summed E-state index contributed by atoms with van der Waals surface area (Å²) < 4.78 is 27.5. The highest BCUT2D eigenvalue weighted by Gasteiger charge is 2.17. The predicted octanol–water partition coefficient (Wildman–Crippen LogP) is 3.78. The summed E-state index contributed by atoms with van der Waals surface area (Å²) in [6.07, 6.45) is 3.69. The summed E-state index contributed by atoms with van der Waals surface area (Å²) in [5, 5.41) is 7.18. The number of carbonyl (C=O) groups is 1. The maximum atomic E-state index is 12.7. The lowest BCUT2D eigenvalue weighted by Gasteiger charge is -2.13. The molecule has 3 aromatic carbocycles. The third-order valence-electron chi connectivity index (χ3n) is 5.52. The van der Waals surface area contributed by atoms with Crippen LogP contribution in [-0.4, -0.2) is 42.5 Å². The van der Waals surface area contributed by atoms with E-state index in [-0.39, 0.29) is 10.8 Å². The van der Waals surface area contributed by atoms with Gasteiger partial charge in [0, 0.05) is 38.6 Å². The van der Waals surface area contributed by atoms with Crippen molar-refractivity contribution in [1.82, 2.24) is 19.4 Å². The standard InChI is InChI=1S/C26H26N4O3S/c1-29(2)34(32,33)24-14-12-22(13-15-24)26(31)27-18-23-6-3-4-7-25(23)21-10-8-20(9-11-21)19-30-17-5-16-28-30/h3-17H,18-19H2,1-2H3,(H,27,31). The highest BCUT2D eigenvalue weighted by molar-refractivity contribution is 7.89. The summed E-state index contributed by atoms with van der Waals surface area (Å²) in [6, 6.07) is 24.1. The zero-order valence-electron chi connectivity index (χ0n) is 19.0. The maximum Gasteiger partial charge on any atom is 0.251 e. The molecule has 0 spiro atoms. The summed E-state index contributed by atoms with van der Waals surface area (Å²) in [4.78, 5) is 12.8. The second-order valence-corrected chi connectivity index (χ2v) is 10.2. The van der Waals surface area contributed by atoms with Crippen LogP contribution in [0.5, 0.6) is 0 Å². The summed E-state index contributed by atoms with van der Waals surface area (Å²) in [5.41, 5.74) is 4.65. The van der Waals surface area contributed by atoms with Gasteiger partial charge in [0.05, 0.1) is 11.4 Å². The first-order valence-corrected chi connectivity index (χ1v) is 12.2. The van der Waals surface area contributed by atoms with Crippen LogP contribution in [0.25, 0.3) is 11.1 Å². The molecule has 4 rings (SSSR count). The van der Waals surface area contributed by atoms with Gasteiger partial charge in [-0.05, 0) is 52.6 Å². The number of benzene rings is 3. The number of carbonyl (C=O) groups excluding carboxylic acids is 1. The van der Waals surface area contributed by atoms with Gasteiger partial charge in [-0.1, -0.05) is 48.5 Å². The molecule has 1 heterocycles. The van der Waals surface area contributed by atoms with E-state index in [9.17, 15) is 13.2 Å². The molecule has 0 saturated carbocycles. The number of nitrogens with zero attached hydrogens (tertiary/aromatic N) is 3. The Labute approximate surface area is 199 Å². The first-order chi connectivity index (χ1) is 16.3. The van der Waals surface area contributed by atoms with Crippen LogP contribution >= 0.6 is 0 Å². The molecule has 174 valence electrons. The fraction of sp³-hybridized carbons (Fsp3) is 0.154. The normalized spacial score (nSPS) is 11.5. The van der Waals surface area contributed by atoms with Gasteiger partial charge in [0.25, 0.3) is 5.91 Å². The van der Waals surface area contributed by atoms with E-state index in [4.69, 9.17) is 0 Å². The Balaban J connectivity index is 1.45. The third-order valence-corrected chi connectivity index (χ3v) is 7.35. The van der Waals surface area contributed by atoms with Gasteiger partial charge in [-0.2, -0.15) is 5.10 Å². The number of nitrogens with one attached hydrogen (secondary N) is 1. The third kappa shape index (κ3) is 5.24. The first-order valence-electron chi connectivity index (χ1n) is 10.8. The van der Waals surface area contributed by atoms with E-state index in [1.165, 1.54) is 38.4 Å². The molecular weight excluding hydrogens is 448 g/mol. The second-order valence-electron chi connectivity index (χ2n) is 8.05. The Morgan fingerprint density at radius 3 is 2.29 bits per heavy atom. The first kappa shape index (κ1) is 23.4. The van der Waals surface area contributed by atoms with Crippen LogP contribution in [0.1, 0.15) is 21.5 Å². The van der Waals surface area contributed by atoms with E-state index >= 15 is 0 Å². The van der Waals surface area contributed by atoms with Crippen molar-refractivity contribution >= 4 is 15.9 Å². The van der Waals surface area contributed by atoms with Crippen molar-refractivity contribution in [2.75, 3.05) is 14.1 Å². The van der Waals surface area contributed by atoms with Gasteiger partial charge < -0.3 is 5.32 Å². The molecule has 0 aliphatic rings.